The molecule has 0 aliphatic carbocycles. The summed E-state index contributed by atoms with van der Waals surface area (Å²) in [6.07, 6.45) is 2.56. The fourth-order valence-corrected chi connectivity index (χ4v) is 5.88. The Morgan fingerprint density at radius 3 is 1.82 bits per heavy atom. The number of rotatable bonds is 10. The first-order valence-electron chi connectivity index (χ1n) is 13.9. The topological polar surface area (TPSA) is 55.6 Å². The van der Waals surface area contributed by atoms with Crippen molar-refractivity contribution in [2.75, 3.05) is 13.1 Å². The zero-order chi connectivity index (χ0) is 27.3. The molecule has 0 radical (unpaired) electrons. The molecule has 1 fully saturated rings. The molecule has 0 spiro atoms. The van der Waals surface area contributed by atoms with Gasteiger partial charge in [-0.3, -0.25) is 9.69 Å². The lowest BCUT2D eigenvalue weighted by Gasteiger charge is -2.40. The van der Waals surface area contributed by atoms with Crippen LogP contribution in [-0.4, -0.2) is 35.5 Å². The van der Waals surface area contributed by atoms with Gasteiger partial charge in [-0.1, -0.05) is 103 Å². The van der Waals surface area contributed by atoms with Crippen LogP contribution in [0.1, 0.15) is 44.2 Å². The van der Waals surface area contributed by atoms with Crippen molar-refractivity contribution in [3.8, 4) is 16.9 Å². The number of hydrogen-bond donors (Lipinski definition) is 1. The third-order valence-electron chi connectivity index (χ3n) is 8.33. The lowest BCUT2D eigenvalue weighted by atomic mass is 9.69. The largest absolute Gasteiger partial charge is 0.489 e. The molecular formula is C35H38N2O2. The minimum Gasteiger partial charge on any atom is -0.489 e. The maximum absolute atomic E-state index is 13.2. The molecule has 0 saturated carbocycles. The molecule has 39 heavy (non-hydrogen) atoms. The number of likely N-dealkylation sites (tertiary alicyclic amines) is 1. The van der Waals surface area contributed by atoms with Gasteiger partial charge in [0, 0.05) is 18.6 Å². The minimum atomic E-state index is -0.879. The average Bonchev–Trinajstić information content (AvgIpc) is 3.45. The van der Waals surface area contributed by atoms with Crippen LogP contribution in [0.3, 0.4) is 0 Å². The molecule has 4 aromatic rings. The first-order valence-corrected chi connectivity index (χ1v) is 13.9. The normalized spacial score (nSPS) is 16.2. The summed E-state index contributed by atoms with van der Waals surface area (Å²) >= 11 is 0. The van der Waals surface area contributed by atoms with E-state index in [1.807, 2.05) is 66.7 Å². The van der Waals surface area contributed by atoms with Crippen molar-refractivity contribution in [1.29, 1.82) is 0 Å². The van der Waals surface area contributed by atoms with E-state index < -0.39 is 5.41 Å². The summed E-state index contributed by atoms with van der Waals surface area (Å²) in [7, 11) is 0. The lowest BCUT2D eigenvalue weighted by molar-refractivity contribution is -0.122. The number of amides is 1. The van der Waals surface area contributed by atoms with Gasteiger partial charge in [0.25, 0.3) is 0 Å². The van der Waals surface area contributed by atoms with Gasteiger partial charge in [0.1, 0.15) is 11.9 Å². The van der Waals surface area contributed by atoms with Gasteiger partial charge < -0.3 is 10.5 Å². The molecule has 0 bridgehead atoms. The highest BCUT2D eigenvalue weighted by Crippen LogP contribution is 2.40. The van der Waals surface area contributed by atoms with Crippen LogP contribution in [0.25, 0.3) is 11.1 Å². The van der Waals surface area contributed by atoms with Gasteiger partial charge in [-0.05, 0) is 67.5 Å². The quantitative estimate of drug-likeness (QED) is 0.250. The number of primary amides is 1. The lowest BCUT2D eigenvalue weighted by Crippen LogP contribution is -2.47. The van der Waals surface area contributed by atoms with E-state index in [0.29, 0.717) is 6.42 Å². The molecular weight excluding hydrogens is 480 g/mol. The maximum Gasteiger partial charge on any atom is 0.232 e. The Hall–Kier alpha value is -3.89. The van der Waals surface area contributed by atoms with Crippen molar-refractivity contribution in [2.24, 2.45) is 5.73 Å². The van der Waals surface area contributed by atoms with Crippen molar-refractivity contribution in [2.45, 2.75) is 50.2 Å². The summed E-state index contributed by atoms with van der Waals surface area (Å²) < 4.78 is 6.40. The van der Waals surface area contributed by atoms with Crippen LogP contribution in [0.4, 0.5) is 0 Å². The molecule has 1 saturated heterocycles. The van der Waals surface area contributed by atoms with Gasteiger partial charge in [-0.15, -0.1) is 0 Å². The number of carbonyl (C=O) groups excluding carboxylic acids is 1. The maximum atomic E-state index is 13.2. The predicted octanol–water partition coefficient (Wildman–Crippen LogP) is 6.84. The van der Waals surface area contributed by atoms with Gasteiger partial charge >= 0.3 is 0 Å². The van der Waals surface area contributed by atoms with E-state index in [2.05, 4.69) is 67.3 Å². The highest BCUT2D eigenvalue weighted by molar-refractivity contribution is 5.90. The number of ether oxygens (including phenoxy) is 1. The molecule has 4 aromatic carbocycles. The Morgan fingerprint density at radius 2 is 1.28 bits per heavy atom. The summed E-state index contributed by atoms with van der Waals surface area (Å²) in [6, 6.07) is 38.7. The molecule has 4 nitrogen and oxygen atoms in total. The van der Waals surface area contributed by atoms with Crippen LogP contribution in [-0.2, 0) is 10.2 Å². The van der Waals surface area contributed by atoms with Crippen LogP contribution >= 0.6 is 0 Å². The van der Waals surface area contributed by atoms with E-state index in [9.17, 15) is 4.79 Å². The molecule has 1 heterocycles. The Labute approximate surface area is 232 Å². The van der Waals surface area contributed by atoms with Crippen molar-refractivity contribution in [3.63, 3.8) is 0 Å². The number of nitrogens with two attached hydrogens (primary N) is 1. The first-order chi connectivity index (χ1) is 18.9. The van der Waals surface area contributed by atoms with Crippen molar-refractivity contribution in [1.82, 2.24) is 4.90 Å². The molecule has 1 aliphatic rings. The molecule has 1 atom stereocenters. The van der Waals surface area contributed by atoms with E-state index in [1.54, 1.807) is 0 Å². The second kappa shape index (κ2) is 11.5. The number of carbonyl (C=O) groups is 1. The van der Waals surface area contributed by atoms with Gasteiger partial charge in [-0.2, -0.15) is 0 Å². The SMILES string of the molecule is CC(C)(CCC(C(N)=O)(c1ccccc1)c1ccccc1)N1CCC(Oc2ccc(-c3ccccc3)cc2)C1. The summed E-state index contributed by atoms with van der Waals surface area (Å²) in [5.74, 6) is 0.595. The summed E-state index contributed by atoms with van der Waals surface area (Å²) in [5.41, 5.74) is 9.48. The molecule has 200 valence electrons. The number of nitrogens with zero attached hydrogens (tertiary/aromatic N) is 1. The van der Waals surface area contributed by atoms with Crippen molar-refractivity contribution in [3.05, 3.63) is 126 Å². The number of benzene rings is 4. The molecule has 4 heteroatoms. The Morgan fingerprint density at radius 1 is 0.769 bits per heavy atom. The molecule has 5 rings (SSSR count). The monoisotopic (exact) mass is 518 g/mol. The van der Waals surface area contributed by atoms with E-state index >= 15 is 0 Å². The Bertz CT molecular complexity index is 1310. The van der Waals surface area contributed by atoms with Crippen LogP contribution in [0, 0.1) is 0 Å². The standard InChI is InChI=1S/C35H38N2O2/c1-34(2,23-24-35(33(36)38,29-14-8-4-9-15-29)30-16-10-5-11-17-30)37-25-22-32(26-37)39-31-20-18-28(19-21-31)27-12-6-3-7-13-27/h3-21,32H,22-26H2,1-2H3,(H2,36,38). The summed E-state index contributed by atoms with van der Waals surface area (Å²) in [5, 5.41) is 0. The zero-order valence-electron chi connectivity index (χ0n) is 22.9. The second-order valence-corrected chi connectivity index (χ2v) is 11.2. The average molecular weight is 519 g/mol. The van der Waals surface area contributed by atoms with E-state index in [0.717, 1.165) is 42.8 Å². The van der Waals surface area contributed by atoms with Crippen molar-refractivity contribution >= 4 is 5.91 Å². The summed E-state index contributed by atoms with van der Waals surface area (Å²) in [6.45, 7) is 6.35. The van der Waals surface area contributed by atoms with Crippen LogP contribution in [0.15, 0.2) is 115 Å². The predicted molar refractivity (Wildman–Crippen MR) is 159 cm³/mol. The van der Waals surface area contributed by atoms with E-state index in [-0.39, 0.29) is 17.6 Å². The molecule has 0 aromatic heterocycles. The smallest absolute Gasteiger partial charge is 0.232 e. The Balaban J connectivity index is 1.27. The molecule has 2 N–H and O–H groups in total. The number of hydrogen-bond acceptors (Lipinski definition) is 3. The zero-order valence-corrected chi connectivity index (χ0v) is 22.9. The fourth-order valence-electron chi connectivity index (χ4n) is 5.88. The van der Waals surface area contributed by atoms with E-state index in [1.165, 1.54) is 11.1 Å². The van der Waals surface area contributed by atoms with Crippen LogP contribution in [0.2, 0.25) is 0 Å². The highest BCUT2D eigenvalue weighted by atomic mass is 16.5. The molecule has 1 amide bonds. The second-order valence-electron chi connectivity index (χ2n) is 11.2. The third kappa shape index (κ3) is 5.76. The van der Waals surface area contributed by atoms with Crippen LogP contribution < -0.4 is 10.5 Å². The summed E-state index contributed by atoms with van der Waals surface area (Å²) in [4.78, 5) is 15.7. The first kappa shape index (κ1) is 26.7. The van der Waals surface area contributed by atoms with E-state index in [4.69, 9.17) is 10.5 Å². The molecule has 1 aliphatic heterocycles. The van der Waals surface area contributed by atoms with Crippen LogP contribution in [0.5, 0.6) is 5.75 Å². The van der Waals surface area contributed by atoms with Crippen molar-refractivity contribution < 1.29 is 9.53 Å². The molecule has 1 unspecified atom stereocenters. The Kier molecular flexibility index (Phi) is 7.85. The minimum absolute atomic E-state index is 0.125. The fraction of sp³-hybridized carbons (Fsp3) is 0.286. The third-order valence-corrected chi connectivity index (χ3v) is 8.33. The van der Waals surface area contributed by atoms with Gasteiger partial charge in [-0.25, -0.2) is 0 Å². The van der Waals surface area contributed by atoms with Gasteiger partial charge in [0.05, 0.1) is 5.41 Å². The van der Waals surface area contributed by atoms with Gasteiger partial charge in [0.2, 0.25) is 5.91 Å². The highest BCUT2D eigenvalue weighted by Gasteiger charge is 2.43. The van der Waals surface area contributed by atoms with Gasteiger partial charge in [0.15, 0.2) is 0 Å².